The molecule has 0 saturated heterocycles. The Kier molecular flexibility index (Phi) is 23.3. The second kappa shape index (κ2) is 24.8. The summed E-state index contributed by atoms with van der Waals surface area (Å²) >= 11 is 1.89. The second-order valence-electron chi connectivity index (χ2n) is 11.7. The van der Waals surface area contributed by atoms with Gasteiger partial charge in [-0.2, -0.15) is 11.8 Å². The molecule has 0 aromatic carbocycles. The van der Waals surface area contributed by atoms with Crippen LogP contribution in [0.4, 0.5) is 0 Å². The van der Waals surface area contributed by atoms with Crippen molar-refractivity contribution < 1.29 is 15.0 Å². The number of thioether (sulfide) groups is 1. The van der Waals surface area contributed by atoms with E-state index in [2.05, 4.69) is 19.2 Å². The molecule has 3 N–H and O–H groups in total. The lowest BCUT2D eigenvalue weighted by atomic mass is 9.99. The molecule has 1 saturated carbocycles. The standard InChI is InChI=1S/C32H63NO3S/c1-3-5-7-9-10-11-12-13-14-15-17-21-25-30(34)32(36)29(27-37-28-23-19-18-20-24-28)33-31(35)26-22-16-8-6-4-2/h28-30,32,34,36H,3-27H2,1-2H3,(H,33,35)/t29-,30+,32-/m0/s1. The second-order valence-corrected chi connectivity index (χ2v) is 13.0. The lowest BCUT2D eigenvalue weighted by Gasteiger charge is -2.30. The van der Waals surface area contributed by atoms with Gasteiger partial charge in [-0.3, -0.25) is 4.79 Å². The molecular weight excluding hydrogens is 478 g/mol. The van der Waals surface area contributed by atoms with Crippen LogP contribution in [0.15, 0.2) is 0 Å². The predicted molar refractivity (Wildman–Crippen MR) is 162 cm³/mol. The number of hydrogen-bond donors (Lipinski definition) is 3. The minimum absolute atomic E-state index is 0.0300. The first kappa shape index (κ1) is 34.8. The summed E-state index contributed by atoms with van der Waals surface area (Å²) in [5.74, 6) is 0.727. The number of unbranched alkanes of at least 4 members (excludes halogenated alkanes) is 15. The third-order valence-electron chi connectivity index (χ3n) is 8.08. The first-order valence-corrected chi connectivity index (χ1v) is 17.4. The summed E-state index contributed by atoms with van der Waals surface area (Å²) in [6, 6.07) is -0.359. The van der Waals surface area contributed by atoms with Gasteiger partial charge in [-0.25, -0.2) is 0 Å². The summed E-state index contributed by atoms with van der Waals surface area (Å²) < 4.78 is 0. The highest BCUT2D eigenvalue weighted by Crippen LogP contribution is 2.29. The van der Waals surface area contributed by atoms with E-state index in [9.17, 15) is 15.0 Å². The molecule has 0 aliphatic heterocycles. The van der Waals surface area contributed by atoms with E-state index >= 15 is 0 Å². The van der Waals surface area contributed by atoms with E-state index in [1.807, 2.05) is 11.8 Å². The zero-order valence-electron chi connectivity index (χ0n) is 24.7. The van der Waals surface area contributed by atoms with Gasteiger partial charge in [0.25, 0.3) is 0 Å². The zero-order chi connectivity index (χ0) is 27.0. The predicted octanol–water partition coefficient (Wildman–Crippen LogP) is 8.71. The van der Waals surface area contributed by atoms with Crippen LogP contribution in [0.3, 0.4) is 0 Å². The topological polar surface area (TPSA) is 69.6 Å². The third-order valence-corrected chi connectivity index (χ3v) is 9.57. The van der Waals surface area contributed by atoms with Crippen molar-refractivity contribution in [2.45, 2.75) is 191 Å². The maximum atomic E-state index is 12.6. The molecule has 5 heteroatoms. The number of hydrogen-bond acceptors (Lipinski definition) is 4. The fourth-order valence-electron chi connectivity index (χ4n) is 5.50. The molecule has 37 heavy (non-hydrogen) atoms. The van der Waals surface area contributed by atoms with Gasteiger partial charge < -0.3 is 15.5 Å². The van der Waals surface area contributed by atoms with E-state index in [0.717, 1.165) is 25.7 Å². The normalized spacial score (nSPS) is 17.0. The van der Waals surface area contributed by atoms with Crippen LogP contribution < -0.4 is 5.32 Å². The van der Waals surface area contributed by atoms with Crippen molar-refractivity contribution in [2.24, 2.45) is 0 Å². The Morgan fingerprint density at radius 3 is 1.76 bits per heavy atom. The van der Waals surface area contributed by atoms with Crippen LogP contribution >= 0.6 is 11.8 Å². The molecule has 1 rings (SSSR count). The van der Waals surface area contributed by atoms with Gasteiger partial charge in [0.15, 0.2) is 0 Å². The average Bonchev–Trinajstić information content (AvgIpc) is 2.91. The average molecular weight is 542 g/mol. The van der Waals surface area contributed by atoms with Crippen LogP contribution in [0.5, 0.6) is 0 Å². The van der Waals surface area contributed by atoms with Gasteiger partial charge in [-0.1, -0.05) is 136 Å². The first-order valence-electron chi connectivity index (χ1n) is 16.4. The SMILES string of the molecule is CCCCCCCCCCCCCC[C@@H](O)[C@@H](O)[C@H](CSC1CCCCC1)NC(=O)CCCCCCC. The van der Waals surface area contributed by atoms with E-state index in [-0.39, 0.29) is 11.9 Å². The van der Waals surface area contributed by atoms with Crippen LogP contribution in [0.2, 0.25) is 0 Å². The summed E-state index contributed by atoms with van der Waals surface area (Å²) in [7, 11) is 0. The Morgan fingerprint density at radius 1 is 0.730 bits per heavy atom. The van der Waals surface area contributed by atoms with Crippen molar-refractivity contribution in [3.05, 3.63) is 0 Å². The number of rotatable bonds is 25. The Bertz CT molecular complexity index is 512. The summed E-state index contributed by atoms with van der Waals surface area (Å²) in [6.07, 6.45) is 27.0. The molecule has 0 bridgehead atoms. The number of carbonyl (C=O) groups is 1. The summed E-state index contributed by atoms with van der Waals surface area (Å²) in [4.78, 5) is 12.6. The molecule has 0 unspecified atom stereocenters. The molecule has 1 amide bonds. The van der Waals surface area contributed by atoms with Crippen molar-refractivity contribution in [1.29, 1.82) is 0 Å². The highest BCUT2D eigenvalue weighted by Gasteiger charge is 2.28. The number of aliphatic hydroxyl groups excluding tert-OH is 2. The highest BCUT2D eigenvalue weighted by atomic mass is 32.2. The summed E-state index contributed by atoms with van der Waals surface area (Å²) in [6.45, 7) is 4.47. The van der Waals surface area contributed by atoms with Crippen molar-refractivity contribution in [1.82, 2.24) is 5.32 Å². The third kappa shape index (κ3) is 19.4. The fraction of sp³-hybridized carbons (Fsp3) is 0.969. The van der Waals surface area contributed by atoms with Crippen LogP contribution in [0.25, 0.3) is 0 Å². The molecule has 3 atom stereocenters. The number of amides is 1. The van der Waals surface area contributed by atoms with Crippen molar-refractivity contribution in [2.75, 3.05) is 5.75 Å². The monoisotopic (exact) mass is 541 g/mol. The van der Waals surface area contributed by atoms with Crippen LogP contribution in [0.1, 0.15) is 168 Å². The molecule has 0 aromatic rings. The van der Waals surface area contributed by atoms with Crippen LogP contribution in [-0.2, 0) is 4.79 Å². The summed E-state index contributed by atoms with van der Waals surface area (Å²) in [5, 5.41) is 25.5. The lowest BCUT2D eigenvalue weighted by molar-refractivity contribution is -0.123. The Hall–Kier alpha value is -0.260. The van der Waals surface area contributed by atoms with Crippen LogP contribution in [-0.4, -0.2) is 45.4 Å². The van der Waals surface area contributed by atoms with Crippen molar-refractivity contribution >= 4 is 17.7 Å². The van der Waals surface area contributed by atoms with Gasteiger partial charge >= 0.3 is 0 Å². The number of nitrogens with one attached hydrogen (secondary N) is 1. The molecule has 0 heterocycles. The Labute approximate surface area is 234 Å². The van der Waals surface area contributed by atoms with Gasteiger partial charge in [-0.05, 0) is 25.7 Å². The van der Waals surface area contributed by atoms with Crippen LogP contribution in [0, 0.1) is 0 Å². The van der Waals surface area contributed by atoms with Crippen molar-refractivity contribution in [3.8, 4) is 0 Å². The highest BCUT2D eigenvalue weighted by molar-refractivity contribution is 7.99. The Morgan fingerprint density at radius 2 is 1.22 bits per heavy atom. The first-order chi connectivity index (χ1) is 18.1. The van der Waals surface area contributed by atoms with Gasteiger partial charge in [0.2, 0.25) is 5.91 Å². The maximum Gasteiger partial charge on any atom is 0.220 e. The molecule has 4 nitrogen and oxygen atoms in total. The molecule has 1 aliphatic rings. The molecule has 0 aromatic heterocycles. The molecule has 220 valence electrons. The van der Waals surface area contributed by atoms with Gasteiger partial charge in [0, 0.05) is 17.4 Å². The fourth-order valence-corrected chi connectivity index (χ4v) is 6.93. The van der Waals surface area contributed by atoms with Gasteiger partial charge in [-0.15, -0.1) is 0 Å². The zero-order valence-corrected chi connectivity index (χ0v) is 25.5. The van der Waals surface area contributed by atoms with E-state index in [0.29, 0.717) is 23.8 Å². The molecule has 0 radical (unpaired) electrons. The van der Waals surface area contributed by atoms with Gasteiger partial charge in [0.05, 0.1) is 12.1 Å². The minimum atomic E-state index is -0.882. The van der Waals surface area contributed by atoms with E-state index in [1.165, 1.54) is 116 Å². The number of carbonyl (C=O) groups excluding carboxylic acids is 1. The van der Waals surface area contributed by atoms with E-state index in [4.69, 9.17) is 0 Å². The molecule has 1 aliphatic carbocycles. The lowest BCUT2D eigenvalue weighted by Crippen LogP contribution is -2.50. The summed E-state index contributed by atoms with van der Waals surface area (Å²) in [5.41, 5.74) is 0. The van der Waals surface area contributed by atoms with Gasteiger partial charge in [0.1, 0.15) is 6.10 Å². The van der Waals surface area contributed by atoms with Crippen molar-refractivity contribution in [3.63, 3.8) is 0 Å². The number of aliphatic hydroxyl groups is 2. The smallest absolute Gasteiger partial charge is 0.220 e. The quantitative estimate of drug-likeness (QED) is 0.101. The molecule has 1 fully saturated rings. The maximum absolute atomic E-state index is 12.6. The van der Waals surface area contributed by atoms with E-state index < -0.39 is 12.2 Å². The Balaban J connectivity index is 2.29. The largest absolute Gasteiger partial charge is 0.390 e. The molecular formula is C32H63NO3S. The van der Waals surface area contributed by atoms with E-state index in [1.54, 1.807) is 0 Å². The minimum Gasteiger partial charge on any atom is -0.390 e. The molecule has 0 spiro atoms.